The average molecular weight is 311 g/mol. The first-order valence-electron chi connectivity index (χ1n) is 8.35. The summed E-state index contributed by atoms with van der Waals surface area (Å²) >= 11 is 0. The molecule has 2 N–H and O–H groups in total. The van der Waals surface area contributed by atoms with Crippen LogP contribution in [-0.4, -0.2) is 28.1 Å². The monoisotopic (exact) mass is 311 g/mol. The largest absolute Gasteiger partial charge is 0.357 e. The van der Waals surface area contributed by atoms with Crippen LogP contribution in [0.25, 0.3) is 0 Å². The summed E-state index contributed by atoms with van der Waals surface area (Å²) < 4.78 is 2.15. The molecule has 1 aromatic carbocycles. The van der Waals surface area contributed by atoms with Gasteiger partial charge in [-0.3, -0.25) is 0 Å². The quantitative estimate of drug-likeness (QED) is 0.636. The van der Waals surface area contributed by atoms with Gasteiger partial charge in [-0.25, -0.2) is 9.98 Å². The van der Waals surface area contributed by atoms with Gasteiger partial charge in [0.1, 0.15) is 12.4 Å². The zero-order valence-electron chi connectivity index (χ0n) is 13.9. The average Bonchev–Trinajstić information content (AvgIpc) is 3.07. The van der Waals surface area contributed by atoms with Crippen molar-refractivity contribution in [3.05, 3.63) is 54.1 Å². The van der Waals surface area contributed by atoms with Crippen LogP contribution in [0.15, 0.2) is 47.7 Å². The van der Waals surface area contributed by atoms with Gasteiger partial charge in [0.15, 0.2) is 5.96 Å². The predicted octanol–water partition coefficient (Wildman–Crippen LogP) is 2.39. The summed E-state index contributed by atoms with van der Waals surface area (Å²) in [4.78, 5) is 9.14. The highest BCUT2D eigenvalue weighted by molar-refractivity contribution is 5.80. The van der Waals surface area contributed by atoms with Gasteiger partial charge in [0.25, 0.3) is 0 Å². The second-order valence-electron chi connectivity index (χ2n) is 6.12. The Labute approximate surface area is 137 Å². The molecule has 5 nitrogen and oxygen atoms in total. The first kappa shape index (κ1) is 15.6. The number of rotatable bonds is 6. The standard InChI is InChI=1S/C18H25N5/c1-3-19-18(22-16-11-14(16)2)21-12-17-20-9-10-23(17)13-15-7-5-4-6-8-15/h4-10,14,16H,3,11-13H2,1-2H3,(H2,19,21,22). The van der Waals surface area contributed by atoms with Gasteiger partial charge in [0.2, 0.25) is 0 Å². The van der Waals surface area contributed by atoms with Crippen LogP contribution in [-0.2, 0) is 13.1 Å². The van der Waals surface area contributed by atoms with Crippen molar-refractivity contribution >= 4 is 5.96 Å². The lowest BCUT2D eigenvalue weighted by Crippen LogP contribution is -2.39. The molecule has 0 aliphatic heterocycles. The molecule has 2 aromatic rings. The molecule has 1 aromatic heterocycles. The number of aromatic nitrogens is 2. The van der Waals surface area contributed by atoms with E-state index in [-0.39, 0.29) is 0 Å². The van der Waals surface area contributed by atoms with E-state index >= 15 is 0 Å². The molecule has 0 bridgehead atoms. The van der Waals surface area contributed by atoms with Crippen molar-refractivity contribution in [1.29, 1.82) is 0 Å². The van der Waals surface area contributed by atoms with E-state index in [0.717, 1.165) is 30.8 Å². The summed E-state index contributed by atoms with van der Waals surface area (Å²) in [5.74, 6) is 2.62. The van der Waals surface area contributed by atoms with Gasteiger partial charge in [0.05, 0.1) is 0 Å². The fourth-order valence-corrected chi connectivity index (χ4v) is 2.58. The van der Waals surface area contributed by atoms with E-state index in [4.69, 9.17) is 0 Å². The molecule has 5 heteroatoms. The van der Waals surface area contributed by atoms with Gasteiger partial charge >= 0.3 is 0 Å². The lowest BCUT2D eigenvalue weighted by molar-refractivity contribution is 0.713. The number of guanidine groups is 1. The van der Waals surface area contributed by atoms with Crippen LogP contribution in [0, 0.1) is 5.92 Å². The zero-order valence-corrected chi connectivity index (χ0v) is 13.9. The number of hydrogen-bond acceptors (Lipinski definition) is 2. The topological polar surface area (TPSA) is 54.2 Å². The molecule has 23 heavy (non-hydrogen) atoms. The van der Waals surface area contributed by atoms with Crippen molar-refractivity contribution in [2.24, 2.45) is 10.9 Å². The van der Waals surface area contributed by atoms with Crippen molar-refractivity contribution in [3.8, 4) is 0 Å². The molecule has 0 spiro atoms. The van der Waals surface area contributed by atoms with Crippen molar-refractivity contribution in [1.82, 2.24) is 20.2 Å². The van der Waals surface area contributed by atoms with E-state index < -0.39 is 0 Å². The maximum Gasteiger partial charge on any atom is 0.191 e. The number of nitrogens with one attached hydrogen (secondary N) is 2. The van der Waals surface area contributed by atoms with Gasteiger partial charge in [-0.1, -0.05) is 37.3 Å². The Morgan fingerprint density at radius 1 is 1.35 bits per heavy atom. The molecule has 1 saturated carbocycles. The van der Waals surface area contributed by atoms with E-state index in [1.165, 1.54) is 12.0 Å². The Hall–Kier alpha value is -2.30. The minimum absolute atomic E-state index is 0.567. The van der Waals surface area contributed by atoms with E-state index in [9.17, 15) is 0 Å². The lowest BCUT2D eigenvalue weighted by Gasteiger charge is -2.11. The van der Waals surface area contributed by atoms with Crippen molar-refractivity contribution in [3.63, 3.8) is 0 Å². The highest BCUT2D eigenvalue weighted by atomic mass is 15.2. The lowest BCUT2D eigenvalue weighted by atomic mass is 10.2. The Balaban J connectivity index is 1.64. The van der Waals surface area contributed by atoms with Crippen LogP contribution in [0.1, 0.15) is 31.7 Å². The molecule has 2 unspecified atom stereocenters. The third-order valence-electron chi connectivity index (χ3n) is 4.15. The van der Waals surface area contributed by atoms with Crippen LogP contribution >= 0.6 is 0 Å². The molecule has 1 aliphatic carbocycles. The molecule has 3 rings (SSSR count). The third-order valence-corrected chi connectivity index (χ3v) is 4.15. The maximum absolute atomic E-state index is 4.68. The summed E-state index contributed by atoms with van der Waals surface area (Å²) in [7, 11) is 0. The van der Waals surface area contributed by atoms with Crippen LogP contribution in [0.2, 0.25) is 0 Å². The molecule has 1 aliphatic rings. The second kappa shape index (κ2) is 7.31. The minimum Gasteiger partial charge on any atom is -0.357 e. The summed E-state index contributed by atoms with van der Waals surface area (Å²) in [6.45, 7) is 6.62. The summed E-state index contributed by atoms with van der Waals surface area (Å²) in [6, 6.07) is 11.0. The summed E-state index contributed by atoms with van der Waals surface area (Å²) in [6.07, 6.45) is 5.09. The van der Waals surface area contributed by atoms with Crippen LogP contribution in [0.4, 0.5) is 0 Å². The first-order chi connectivity index (χ1) is 11.3. The molecule has 0 saturated heterocycles. The fourth-order valence-electron chi connectivity index (χ4n) is 2.58. The number of imidazole rings is 1. The molecular formula is C18H25N5. The van der Waals surface area contributed by atoms with Crippen molar-refractivity contribution < 1.29 is 0 Å². The zero-order chi connectivity index (χ0) is 16.1. The van der Waals surface area contributed by atoms with E-state index in [0.29, 0.717) is 12.6 Å². The smallest absolute Gasteiger partial charge is 0.191 e. The Bertz CT molecular complexity index is 646. The van der Waals surface area contributed by atoms with Crippen molar-refractivity contribution in [2.75, 3.05) is 6.54 Å². The molecule has 122 valence electrons. The van der Waals surface area contributed by atoms with Crippen LogP contribution < -0.4 is 10.6 Å². The number of hydrogen-bond donors (Lipinski definition) is 2. The van der Waals surface area contributed by atoms with E-state index in [1.807, 2.05) is 18.5 Å². The van der Waals surface area contributed by atoms with E-state index in [1.54, 1.807) is 0 Å². The third kappa shape index (κ3) is 4.34. The number of nitrogens with zero attached hydrogens (tertiary/aromatic N) is 3. The highest BCUT2D eigenvalue weighted by Crippen LogP contribution is 2.28. The van der Waals surface area contributed by atoms with Crippen LogP contribution in [0.3, 0.4) is 0 Å². The van der Waals surface area contributed by atoms with Gasteiger partial charge in [-0.15, -0.1) is 0 Å². The van der Waals surface area contributed by atoms with Gasteiger partial charge in [-0.05, 0) is 24.8 Å². The fraction of sp³-hybridized carbons (Fsp3) is 0.444. The molecule has 0 amide bonds. The summed E-state index contributed by atoms with van der Waals surface area (Å²) in [5.41, 5.74) is 1.27. The molecule has 0 radical (unpaired) electrons. The minimum atomic E-state index is 0.567. The van der Waals surface area contributed by atoms with Gasteiger partial charge in [-0.2, -0.15) is 0 Å². The van der Waals surface area contributed by atoms with Gasteiger partial charge < -0.3 is 15.2 Å². The molecule has 1 fully saturated rings. The Morgan fingerprint density at radius 3 is 2.83 bits per heavy atom. The predicted molar refractivity (Wildman–Crippen MR) is 93.3 cm³/mol. The number of aliphatic imine (C=N–C) groups is 1. The molecule has 1 heterocycles. The Morgan fingerprint density at radius 2 is 2.13 bits per heavy atom. The number of benzene rings is 1. The Kier molecular flexibility index (Phi) is 4.95. The molecular weight excluding hydrogens is 286 g/mol. The highest BCUT2D eigenvalue weighted by Gasteiger charge is 2.33. The second-order valence-corrected chi connectivity index (χ2v) is 6.12. The summed E-state index contributed by atoms with van der Waals surface area (Å²) in [5, 5.41) is 6.78. The van der Waals surface area contributed by atoms with Crippen LogP contribution in [0.5, 0.6) is 0 Å². The van der Waals surface area contributed by atoms with Crippen molar-refractivity contribution in [2.45, 2.75) is 39.4 Å². The van der Waals surface area contributed by atoms with E-state index in [2.05, 4.69) is 63.3 Å². The normalized spacial score (nSPS) is 20.3. The van der Waals surface area contributed by atoms with Gasteiger partial charge in [0, 0.05) is 31.5 Å². The SMILES string of the molecule is CCNC(=NCc1nccn1Cc1ccccc1)NC1CC1C. The maximum atomic E-state index is 4.68. The first-order valence-corrected chi connectivity index (χ1v) is 8.35. The molecule has 2 atom stereocenters.